The van der Waals surface area contributed by atoms with E-state index in [4.69, 9.17) is 0 Å². The molecule has 6 heteroatoms. The Labute approximate surface area is 141 Å². The molecule has 0 unspecified atom stereocenters. The molecule has 0 aliphatic rings. The van der Waals surface area contributed by atoms with Crippen LogP contribution < -0.4 is 5.56 Å². The minimum absolute atomic E-state index is 0.144. The fourth-order valence-electron chi connectivity index (χ4n) is 2.43. The Bertz CT molecular complexity index is 794. The highest BCUT2D eigenvalue weighted by Gasteiger charge is 2.16. The van der Waals surface area contributed by atoms with Gasteiger partial charge in [-0.05, 0) is 31.9 Å². The molecule has 0 saturated carbocycles. The minimum atomic E-state index is -0.419. The Morgan fingerprint density at radius 3 is 2.42 bits per heavy atom. The van der Waals surface area contributed by atoms with Crippen molar-refractivity contribution in [1.82, 2.24) is 14.7 Å². The molecular formula is C18H23N3O3. The molecule has 6 nitrogen and oxygen atoms in total. The van der Waals surface area contributed by atoms with Crippen molar-refractivity contribution in [3.05, 3.63) is 62.6 Å². The van der Waals surface area contributed by atoms with E-state index in [1.54, 1.807) is 25.8 Å². The topological polar surface area (TPSA) is 75.4 Å². The number of hydrogen-bond acceptors (Lipinski definition) is 4. The number of rotatable bonds is 5. The monoisotopic (exact) mass is 329 g/mol. The van der Waals surface area contributed by atoms with Gasteiger partial charge in [-0.3, -0.25) is 9.59 Å². The largest absolute Gasteiger partial charge is 0.391 e. The molecule has 24 heavy (non-hydrogen) atoms. The first-order valence-electron chi connectivity index (χ1n) is 7.81. The summed E-state index contributed by atoms with van der Waals surface area (Å²) in [4.78, 5) is 26.3. The average molecular weight is 329 g/mol. The molecular weight excluding hydrogens is 306 g/mol. The third-order valence-electron chi connectivity index (χ3n) is 4.17. The average Bonchev–Trinajstić information content (AvgIpc) is 2.55. The second-order valence-electron chi connectivity index (χ2n) is 6.05. The first kappa shape index (κ1) is 17.9. The molecule has 1 aromatic heterocycles. The highest BCUT2D eigenvalue weighted by Crippen LogP contribution is 2.08. The number of benzene rings is 1. The standard InChI is InChI=1S/C18H23N3O3/c1-12-5-7-15(8-6-12)9-20(4)17(23)10-21-18(24)16(11-22)13(2)14(3)19-21/h5-8,22H,9-11H2,1-4H3. The van der Waals surface area contributed by atoms with Gasteiger partial charge >= 0.3 is 0 Å². The zero-order chi connectivity index (χ0) is 17.9. The van der Waals surface area contributed by atoms with E-state index in [2.05, 4.69) is 5.10 Å². The molecule has 0 aliphatic carbocycles. The molecule has 1 aromatic carbocycles. The highest BCUT2D eigenvalue weighted by molar-refractivity contribution is 5.75. The second-order valence-corrected chi connectivity index (χ2v) is 6.05. The number of carbonyl (C=O) groups excluding carboxylic acids is 1. The number of amides is 1. The Morgan fingerprint density at radius 2 is 1.83 bits per heavy atom. The summed E-state index contributed by atoms with van der Waals surface area (Å²) >= 11 is 0. The number of aryl methyl sites for hydroxylation is 2. The van der Waals surface area contributed by atoms with Crippen molar-refractivity contribution in [2.75, 3.05) is 7.05 Å². The fraction of sp³-hybridized carbons (Fsp3) is 0.389. The summed E-state index contributed by atoms with van der Waals surface area (Å²) in [6, 6.07) is 7.94. The molecule has 2 rings (SSSR count). The number of aromatic nitrogens is 2. The molecule has 0 bridgehead atoms. The Balaban J connectivity index is 2.16. The molecule has 0 fully saturated rings. The fourth-order valence-corrected chi connectivity index (χ4v) is 2.43. The van der Waals surface area contributed by atoms with E-state index in [0.29, 0.717) is 17.8 Å². The van der Waals surface area contributed by atoms with Crippen LogP contribution in [0.15, 0.2) is 29.1 Å². The van der Waals surface area contributed by atoms with Crippen molar-refractivity contribution in [2.45, 2.75) is 40.5 Å². The van der Waals surface area contributed by atoms with Gasteiger partial charge < -0.3 is 10.0 Å². The Hall–Kier alpha value is -2.47. The zero-order valence-electron chi connectivity index (χ0n) is 14.5. The van der Waals surface area contributed by atoms with Crippen LogP contribution in [0.25, 0.3) is 0 Å². The van der Waals surface area contributed by atoms with Crippen molar-refractivity contribution in [1.29, 1.82) is 0 Å². The summed E-state index contributed by atoms with van der Waals surface area (Å²) in [5, 5.41) is 13.5. The van der Waals surface area contributed by atoms with Crippen LogP contribution in [0.1, 0.15) is 27.9 Å². The van der Waals surface area contributed by atoms with Crippen molar-refractivity contribution in [3.63, 3.8) is 0 Å². The van der Waals surface area contributed by atoms with E-state index < -0.39 is 5.56 Å². The van der Waals surface area contributed by atoms with E-state index in [-0.39, 0.29) is 24.6 Å². The number of carbonyl (C=O) groups is 1. The SMILES string of the molecule is Cc1ccc(CN(C)C(=O)Cn2nc(C)c(C)c(CO)c2=O)cc1. The molecule has 0 atom stereocenters. The van der Waals surface area contributed by atoms with Gasteiger partial charge in [0, 0.05) is 19.2 Å². The van der Waals surface area contributed by atoms with Gasteiger partial charge in [0.15, 0.2) is 0 Å². The highest BCUT2D eigenvalue weighted by atomic mass is 16.3. The minimum Gasteiger partial charge on any atom is -0.391 e. The molecule has 0 aliphatic heterocycles. The van der Waals surface area contributed by atoms with Crippen molar-refractivity contribution in [2.24, 2.45) is 0 Å². The molecule has 0 spiro atoms. The maximum atomic E-state index is 12.4. The smallest absolute Gasteiger partial charge is 0.273 e. The van der Waals surface area contributed by atoms with Gasteiger partial charge in [0.25, 0.3) is 5.56 Å². The summed E-state index contributed by atoms with van der Waals surface area (Å²) in [6.45, 7) is 5.47. The number of likely N-dealkylation sites (N-methyl/N-ethyl adjacent to an activating group) is 1. The summed E-state index contributed by atoms with van der Waals surface area (Å²) in [7, 11) is 1.70. The summed E-state index contributed by atoms with van der Waals surface area (Å²) in [5.74, 6) is -0.211. The number of hydrogen-bond donors (Lipinski definition) is 1. The predicted molar refractivity (Wildman–Crippen MR) is 91.5 cm³/mol. The molecule has 128 valence electrons. The van der Waals surface area contributed by atoms with Crippen LogP contribution in [-0.4, -0.2) is 32.7 Å². The van der Waals surface area contributed by atoms with Crippen molar-refractivity contribution < 1.29 is 9.90 Å². The normalized spacial score (nSPS) is 10.7. The quantitative estimate of drug-likeness (QED) is 0.898. The Morgan fingerprint density at radius 1 is 1.21 bits per heavy atom. The maximum absolute atomic E-state index is 12.4. The first-order valence-corrected chi connectivity index (χ1v) is 7.81. The van der Waals surface area contributed by atoms with Gasteiger partial charge in [-0.15, -0.1) is 0 Å². The number of nitrogens with zero attached hydrogens (tertiary/aromatic N) is 3. The van der Waals surface area contributed by atoms with E-state index in [9.17, 15) is 14.7 Å². The van der Waals surface area contributed by atoms with Crippen LogP contribution in [0.3, 0.4) is 0 Å². The lowest BCUT2D eigenvalue weighted by molar-refractivity contribution is -0.131. The van der Waals surface area contributed by atoms with Crippen LogP contribution in [0.2, 0.25) is 0 Å². The van der Waals surface area contributed by atoms with Gasteiger partial charge in [-0.1, -0.05) is 29.8 Å². The third-order valence-corrected chi connectivity index (χ3v) is 4.17. The van der Waals surface area contributed by atoms with Crippen LogP contribution in [-0.2, 0) is 24.5 Å². The predicted octanol–water partition coefficient (Wildman–Crippen LogP) is 1.32. The van der Waals surface area contributed by atoms with Gasteiger partial charge in [-0.25, -0.2) is 4.68 Å². The maximum Gasteiger partial charge on any atom is 0.273 e. The van der Waals surface area contributed by atoms with Gasteiger partial charge in [0.05, 0.1) is 12.3 Å². The number of aliphatic hydroxyl groups is 1. The van der Waals surface area contributed by atoms with Gasteiger partial charge in [0.2, 0.25) is 5.91 Å². The second kappa shape index (κ2) is 7.40. The molecule has 1 heterocycles. The molecule has 1 amide bonds. The molecule has 0 saturated heterocycles. The van der Waals surface area contributed by atoms with Crippen LogP contribution >= 0.6 is 0 Å². The van der Waals surface area contributed by atoms with Gasteiger partial charge in [-0.2, -0.15) is 5.10 Å². The van der Waals surface area contributed by atoms with Crippen LogP contribution in [0.5, 0.6) is 0 Å². The number of aliphatic hydroxyl groups excluding tert-OH is 1. The van der Waals surface area contributed by atoms with E-state index in [1.807, 2.05) is 31.2 Å². The van der Waals surface area contributed by atoms with E-state index >= 15 is 0 Å². The van der Waals surface area contributed by atoms with Gasteiger partial charge in [0.1, 0.15) is 6.54 Å². The van der Waals surface area contributed by atoms with Crippen LogP contribution in [0, 0.1) is 20.8 Å². The van der Waals surface area contributed by atoms with E-state index in [0.717, 1.165) is 15.8 Å². The Kier molecular flexibility index (Phi) is 5.51. The van der Waals surface area contributed by atoms with Crippen molar-refractivity contribution in [3.8, 4) is 0 Å². The lowest BCUT2D eigenvalue weighted by Crippen LogP contribution is -2.36. The van der Waals surface area contributed by atoms with Crippen LogP contribution in [0.4, 0.5) is 0 Å². The molecule has 2 aromatic rings. The first-order chi connectivity index (χ1) is 11.3. The third kappa shape index (κ3) is 3.89. The lowest BCUT2D eigenvalue weighted by atomic mass is 10.1. The van der Waals surface area contributed by atoms with Crippen molar-refractivity contribution >= 4 is 5.91 Å². The summed E-state index contributed by atoms with van der Waals surface area (Å²) in [5.41, 5.74) is 3.35. The zero-order valence-corrected chi connectivity index (χ0v) is 14.5. The molecule has 0 radical (unpaired) electrons. The summed E-state index contributed by atoms with van der Waals surface area (Å²) in [6.07, 6.45) is 0. The molecule has 1 N–H and O–H groups in total. The lowest BCUT2D eigenvalue weighted by Gasteiger charge is -2.18. The van der Waals surface area contributed by atoms with E-state index in [1.165, 1.54) is 0 Å². The summed E-state index contributed by atoms with van der Waals surface area (Å²) < 4.78 is 1.13.